The van der Waals surface area contributed by atoms with Crippen molar-refractivity contribution in [2.45, 2.75) is 7.43 Å². The van der Waals surface area contributed by atoms with Gasteiger partial charge in [-0.05, 0) is 47.2 Å². The van der Waals surface area contributed by atoms with Crippen LogP contribution in [0.15, 0.2) is 60.9 Å². The van der Waals surface area contributed by atoms with Crippen LogP contribution in [0.1, 0.15) is 8.85 Å². The third-order valence-corrected chi connectivity index (χ3v) is 3.66. The summed E-state index contributed by atoms with van der Waals surface area (Å²) in [6, 6.07) is 15.3. The number of fused-ring (bicyclic) bond motifs is 2. The van der Waals surface area contributed by atoms with Gasteiger partial charge in [-0.3, -0.25) is 4.79 Å². The van der Waals surface area contributed by atoms with E-state index < -0.39 is 0 Å². The van der Waals surface area contributed by atoms with Gasteiger partial charge in [0, 0.05) is 42.7 Å². The van der Waals surface area contributed by atoms with E-state index in [0.717, 1.165) is 22.2 Å². The van der Waals surface area contributed by atoms with Crippen molar-refractivity contribution in [3.8, 4) is 11.5 Å². The number of aromatic amines is 2. The van der Waals surface area contributed by atoms with Crippen molar-refractivity contribution in [2.24, 2.45) is 0 Å². The van der Waals surface area contributed by atoms with Crippen LogP contribution in [-0.2, 0) is 14.4 Å². The van der Waals surface area contributed by atoms with Crippen LogP contribution >= 0.6 is 0 Å². The monoisotopic (exact) mass is 668 g/mol. The Labute approximate surface area is 300 Å². The normalized spacial score (nSPS) is 8.84. The zero-order chi connectivity index (χ0) is 20.2. The number of H-pyrrole nitrogens is 2. The zero-order valence-electron chi connectivity index (χ0n) is 18.3. The summed E-state index contributed by atoms with van der Waals surface area (Å²) < 4.78 is 10.4. The first-order valence-corrected chi connectivity index (χ1v) is 8.35. The summed E-state index contributed by atoms with van der Waals surface area (Å²) >= 11 is 0. The molecule has 158 valence electrons. The third-order valence-electron chi connectivity index (χ3n) is 3.66. The molecular weight excluding hydrogens is 642 g/mol. The van der Waals surface area contributed by atoms with Gasteiger partial charge in [-0.25, -0.2) is 0 Å². The Hall–Kier alpha value is 0.614. The van der Waals surface area contributed by atoms with Gasteiger partial charge >= 0.3 is 138 Å². The molecule has 0 saturated heterocycles. The Balaban J connectivity index is -0.000000418. The molecule has 8 nitrogen and oxygen atoms in total. The maximum absolute atomic E-state index is 9.03. The molecule has 0 unspecified atom stereocenters. The smallest absolute Gasteiger partial charge is 1.00 e. The number of nitrogens with one attached hydrogen (secondary N) is 2. The molecule has 0 atom stereocenters. The van der Waals surface area contributed by atoms with Crippen molar-refractivity contribution >= 4 is 28.3 Å². The molecule has 0 aliphatic rings. The Bertz CT molecular complexity index is 996. The Morgan fingerprint density at radius 3 is 2.06 bits per heavy atom. The van der Waals surface area contributed by atoms with Crippen molar-refractivity contribution < 1.29 is 169 Å². The fourth-order valence-corrected chi connectivity index (χ4v) is 2.40. The van der Waals surface area contributed by atoms with Crippen molar-refractivity contribution in [3.05, 3.63) is 60.9 Å². The van der Waals surface area contributed by atoms with Gasteiger partial charge in [-0.1, -0.05) is 7.43 Å². The van der Waals surface area contributed by atoms with Gasteiger partial charge < -0.3 is 36.1 Å². The average molecular weight is 668 g/mol. The molecule has 4 aromatic rings. The third kappa shape index (κ3) is 12.6. The first-order chi connectivity index (χ1) is 13.7. The van der Waals surface area contributed by atoms with Gasteiger partial charge in [0.1, 0.15) is 18.1 Å². The maximum atomic E-state index is 9.03. The number of hydrogen-bond donors (Lipinski definition) is 3. The van der Waals surface area contributed by atoms with E-state index in [4.69, 9.17) is 24.6 Å². The zero-order valence-corrected chi connectivity index (χ0v) is 29.8. The number of hydrogen-bond acceptors (Lipinski definition) is 6. The van der Waals surface area contributed by atoms with Crippen molar-refractivity contribution in [2.75, 3.05) is 20.3 Å². The van der Waals surface area contributed by atoms with Crippen LogP contribution in [0.5, 0.6) is 11.5 Å². The first kappa shape index (κ1) is 33.8. The largest absolute Gasteiger partial charge is 1.00 e. The second-order valence-corrected chi connectivity index (χ2v) is 5.51. The summed E-state index contributed by atoms with van der Waals surface area (Å²) in [5.74, 6) is 1.17. The molecule has 3 N–H and O–H groups in total. The molecule has 4 rings (SSSR count). The summed E-state index contributed by atoms with van der Waals surface area (Å²) in [4.78, 5) is 17.4. The van der Waals surface area contributed by atoms with Crippen LogP contribution in [0.25, 0.3) is 21.8 Å². The van der Waals surface area contributed by atoms with E-state index >= 15 is 0 Å². The SMILES string of the molecule is C.COCCOc1ccc2cc[nH]c2c1.O=CO[O-].Oc1ccc2cc[nH]c2c1.[Cs+].[Cs+].[H-]. The molecule has 2 aromatic heterocycles. The van der Waals surface area contributed by atoms with Crippen LogP contribution in [0.2, 0.25) is 0 Å². The number of carbonyl (C=O) groups excluding carboxylic acids is 1. The summed E-state index contributed by atoms with van der Waals surface area (Å²) in [6.07, 6.45) is 3.77. The van der Waals surface area contributed by atoms with Gasteiger partial charge in [0.25, 0.3) is 6.47 Å². The van der Waals surface area contributed by atoms with Gasteiger partial charge in [-0.2, -0.15) is 0 Å². The molecular formula is C21H26Cs2N2O6. The van der Waals surface area contributed by atoms with Crippen molar-refractivity contribution in [1.82, 2.24) is 9.97 Å². The molecule has 0 amide bonds. The molecule has 0 fully saturated rings. The van der Waals surface area contributed by atoms with E-state index in [1.165, 1.54) is 5.39 Å². The molecule has 31 heavy (non-hydrogen) atoms. The van der Waals surface area contributed by atoms with Gasteiger partial charge in [0.15, 0.2) is 0 Å². The topological polar surface area (TPSA) is 120 Å². The van der Waals surface area contributed by atoms with Crippen LogP contribution in [0.4, 0.5) is 0 Å². The van der Waals surface area contributed by atoms with E-state index in [9.17, 15) is 0 Å². The van der Waals surface area contributed by atoms with Gasteiger partial charge in [0.05, 0.1) is 6.61 Å². The van der Waals surface area contributed by atoms with E-state index in [0.29, 0.717) is 19.0 Å². The quantitative estimate of drug-likeness (QED) is 0.0920. The number of carbonyl (C=O) groups is 1. The predicted molar refractivity (Wildman–Crippen MR) is 111 cm³/mol. The summed E-state index contributed by atoms with van der Waals surface area (Å²) in [5.41, 5.74) is 2.07. The number of aromatic nitrogens is 2. The van der Waals surface area contributed by atoms with Crippen molar-refractivity contribution in [3.63, 3.8) is 0 Å². The van der Waals surface area contributed by atoms with E-state index in [1.807, 2.05) is 48.8 Å². The fourth-order valence-electron chi connectivity index (χ4n) is 2.40. The van der Waals surface area contributed by atoms with Crippen LogP contribution < -0.4 is 148 Å². The molecule has 2 heterocycles. The molecule has 0 saturated carbocycles. The Morgan fingerprint density at radius 2 is 1.52 bits per heavy atom. The minimum atomic E-state index is -0.181. The molecule has 0 aliphatic carbocycles. The molecule has 0 radical (unpaired) electrons. The minimum absolute atomic E-state index is 0. The van der Waals surface area contributed by atoms with Gasteiger partial charge in [-0.15, -0.1) is 0 Å². The van der Waals surface area contributed by atoms with E-state index in [-0.39, 0.29) is 153 Å². The second-order valence-electron chi connectivity index (χ2n) is 5.51. The number of phenols is 1. The number of aromatic hydroxyl groups is 1. The predicted octanol–water partition coefficient (Wildman–Crippen LogP) is -2.74. The van der Waals surface area contributed by atoms with Crippen LogP contribution in [0.3, 0.4) is 0 Å². The first-order valence-electron chi connectivity index (χ1n) is 8.35. The number of methoxy groups -OCH3 is 1. The summed E-state index contributed by atoms with van der Waals surface area (Å²) in [5, 5.41) is 19.8. The van der Waals surface area contributed by atoms with E-state index in [1.54, 1.807) is 19.2 Å². The maximum Gasteiger partial charge on any atom is 1.00 e. The number of phenolic OH excluding ortho intramolecular Hbond substituents is 1. The summed E-state index contributed by atoms with van der Waals surface area (Å²) in [6.45, 7) is 1.02. The molecule has 0 aliphatic heterocycles. The number of rotatable bonds is 5. The average Bonchev–Trinajstić information content (AvgIpc) is 3.37. The van der Waals surface area contributed by atoms with Crippen molar-refractivity contribution in [1.29, 1.82) is 0 Å². The number of ether oxygens (including phenoxy) is 2. The molecule has 0 spiro atoms. The summed E-state index contributed by atoms with van der Waals surface area (Å²) in [7, 11) is 1.66. The molecule has 0 bridgehead atoms. The minimum Gasteiger partial charge on any atom is -1.00 e. The molecule has 2 aromatic carbocycles. The Morgan fingerprint density at radius 1 is 0.968 bits per heavy atom. The van der Waals surface area contributed by atoms with Crippen LogP contribution in [-0.4, -0.2) is 41.9 Å². The van der Waals surface area contributed by atoms with Gasteiger partial charge in [0.2, 0.25) is 0 Å². The van der Waals surface area contributed by atoms with Crippen LogP contribution in [0, 0.1) is 0 Å². The fraction of sp³-hybridized carbons (Fsp3) is 0.190. The number of benzene rings is 2. The van der Waals surface area contributed by atoms with E-state index in [2.05, 4.69) is 14.9 Å². The Kier molecular flexibility index (Phi) is 21.8. The standard InChI is InChI=1S/C11H13NO2.C8H7NO.CH2O3.CH4.2Cs.H/c1-13-6-7-14-10-3-2-9-4-5-12-11(9)8-10;10-7-2-1-6-3-4-9-8(6)5-7;2-1-4-3;;;;/h2-5,8,12H,6-7H2,1H3;1-5,9-10H;1,3H;1H4;;;/q;;;;2*+1;-1/p-1. The second kappa shape index (κ2) is 20.0. The molecule has 10 heteroatoms.